The highest BCUT2D eigenvalue weighted by molar-refractivity contribution is 5.88. The summed E-state index contributed by atoms with van der Waals surface area (Å²) < 4.78 is 10.5. The first-order valence-electron chi connectivity index (χ1n) is 5.71. The molecule has 0 fully saturated rings. The lowest BCUT2D eigenvalue weighted by Gasteiger charge is -2.10. The van der Waals surface area contributed by atoms with Gasteiger partial charge in [0.05, 0.1) is 19.8 Å². The van der Waals surface area contributed by atoms with Crippen LogP contribution in [0.3, 0.4) is 0 Å². The van der Waals surface area contributed by atoms with E-state index in [1.165, 1.54) is 0 Å². The van der Waals surface area contributed by atoms with Gasteiger partial charge in [-0.2, -0.15) is 0 Å². The van der Waals surface area contributed by atoms with Crippen LogP contribution in [0, 0.1) is 0 Å². The fraction of sp³-hybridized carbons (Fsp3) is 0.133. The summed E-state index contributed by atoms with van der Waals surface area (Å²) >= 11 is 0. The monoisotopic (exact) mass is 258 g/mol. The van der Waals surface area contributed by atoms with Crippen LogP contribution in [0.2, 0.25) is 0 Å². The first-order valence-corrected chi connectivity index (χ1v) is 5.71. The molecule has 19 heavy (non-hydrogen) atoms. The lowest BCUT2D eigenvalue weighted by molar-refractivity contribution is 0.0697. The fourth-order valence-corrected chi connectivity index (χ4v) is 1.83. The van der Waals surface area contributed by atoms with Crippen molar-refractivity contribution in [3.05, 3.63) is 48.0 Å². The second-order valence-corrected chi connectivity index (χ2v) is 3.95. The van der Waals surface area contributed by atoms with Gasteiger partial charge in [-0.05, 0) is 35.9 Å². The molecular weight excluding hydrogens is 244 g/mol. The molecule has 0 spiro atoms. The van der Waals surface area contributed by atoms with Gasteiger partial charge in [0.1, 0.15) is 11.5 Å². The van der Waals surface area contributed by atoms with Gasteiger partial charge >= 0.3 is 5.97 Å². The quantitative estimate of drug-likeness (QED) is 0.915. The van der Waals surface area contributed by atoms with Crippen molar-refractivity contribution in [3.8, 4) is 22.6 Å². The van der Waals surface area contributed by atoms with E-state index in [1.54, 1.807) is 38.5 Å². The summed E-state index contributed by atoms with van der Waals surface area (Å²) in [6.07, 6.45) is 0. The molecule has 0 bridgehead atoms. The minimum Gasteiger partial charge on any atom is -0.497 e. The number of benzene rings is 2. The number of carboxylic acid groups (broad SMARTS) is 1. The summed E-state index contributed by atoms with van der Waals surface area (Å²) in [6, 6.07) is 12.1. The Morgan fingerprint density at radius 1 is 1.00 bits per heavy atom. The van der Waals surface area contributed by atoms with Crippen molar-refractivity contribution in [1.29, 1.82) is 0 Å². The van der Waals surface area contributed by atoms with E-state index in [9.17, 15) is 4.79 Å². The van der Waals surface area contributed by atoms with Crippen molar-refractivity contribution in [2.24, 2.45) is 0 Å². The smallest absolute Gasteiger partial charge is 0.335 e. The molecule has 0 atom stereocenters. The van der Waals surface area contributed by atoms with Gasteiger partial charge in [0.2, 0.25) is 0 Å². The minimum absolute atomic E-state index is 0.255. The normalized spacial score (nSPS) is 10.0. The van der Waals surface area contributed by atoms with Crippen LogP contribution in [0.5, 0.6) is 11.5 Å². The maximum absolute atomic E-state index is 10.8. The Labute approximate surface area is 111 Å². The molecule has 4 nitrogen and oxygen atoms in total. The maximum atomic E-state index is 10.8. The van der Waals surface area contributed by atoms with Crippen molar-refractivity contribution in [3.63, 3.8) is 0 Å². The van der Waals surface area contributed by atoms with Crippen LogP contribution in [0.15, 0.2) is 42.5 Å². The van der Waals surface area contributed by atoms with E-state index in [-0.39, 0.29) is 5.56 Å². The van der Waals surface area contributed by atoms with E-state index in [2.05, 4.69) is 0 Å². The third-order valence-electron chi connectivity index (χ3n) is 2.85. The fourth-order valence-electron chi connectivity index (χ4n) is 1.83. The zero-order valence-electron chi connectivity index (χ0n) is 10.7. The van der Waals surface area contributed by atoms with E-state index in [0.717, 1.165) is 16.9 Å². The number of hydrogen-bond acceptors (Lipinski definition) is 3. The van der Waals surface area contributed by atoms with Gasteiger partial charge in [0, 0.05) is 5.56 Å². The van der Waals surface area contributed by atoms with Crippen LogP contribution < -0.4 is 9.47 Å². The second-order valence-electron chi connectivity index (χ2n) is 3.95. The van der Waals surface area contributed by atoms with E-state index in [4.69, 9.17) is 14.6 Å². The van der Waals surface area contributed by atoms with E-state index in [0.29, 0.717) is 5.75 Å². The Bertz CT molecular complexity index is 588. The van der Waals surface area contributed by atoms with Crippen molar-refractivity contribution in [1.82, 2.24) is 0 Å². The molecule has 2 aromatic rings. The molecule has 2 aromatic carbocycles. The standard InChI is InChI=1S/C15H14O4/c1-18-12-7-8-14(19-2)13(9-12)10-3-5-11(6-4-10)15(16)17/h3-9H,1-2H3,(H,16,17). The van der Waals surface area contributed by atoms with Crippen LogP contribution >= 0.6 is 0 Å². The molecule has 0 aliphatic heterocycles. The number of rotatable bonds is 4. The molecule has 0 heterocycles. The van der Waals surface area contributed by atoms with Crippen LogP contribution in [0.4, 0.5) is 0 Å². The third-order valence-corrected chi connectivity index (χ3v) is 2.85. The van der Waals surface area contributed by atoms with E-state index in [1.807, 2.05) is 18.2 Å². The molecule has 0 aliphatic carbocycles. The highest BCUT2D eigenvalue weighted by Gasteiger charge is 2.09. The van der Waals surface area contributed by atoms with Crippen molar-refractivity contribution < 1.29 is 19.4 Å². The molecule has 2 rings (SSSR count). The topological polar surface area (TPSA) is 55.8 Å². The molecule has 4 heteroatoms. The summed E-state index contributed by atoms with van der Waals surface area (Å²) in [7, 11) is 3.19. The van der Waals surface area contributed by atoms with Crippen molar-refractivity contribution in [2.75, 3.05) is 14.2 Å². The predicted molar refractivity (Wildman–Crippen MR) is 71.9 cm³/mol. The molecule has 1 N–H and O–H groups in total. The van der Waals surface area contributed by atoms with Crippen molar-refractivity contribution >= 4 is 5.97 Å². The Balaban J connectivity index is 2.47. The third kappa shape index (κ3) is 2.68. The molecule has 0 saturated carbocycles. The number of aromatic carboxylic acids is 1. The zero-order chi connectivity index (χ0) is 13.8. The number of carbonyl (C=O) groups is 1. The predicted octanol–water partition coefficient (Wildman–Crippen LogP) is 3.07. The summed E-state index contributed by atoms with van der Waals surface area (Å²) in [5, 5.41) is 8.88. The molecule has 0 radical (unpaired) electrons. The van der Waals surface area contributed by atoms with Crippen LogP contribution in [0.1, 0.15) is 10.4 Å². The number of hydrogen-bond donors (Lipinski definition) is 1. The lowest BCUT2D eigenvalue weighted by Crippen LogP contribution is -1.95. The molecule has 0 saturated heterocycles. The summed E-state index contributed by atoms with van der Waals surface area (Å²) in [4.78, 5) is 10.8. The number of methoxy groups -OCH3 is 2. The minimum atomic E-state index is -0.941. The lowest BCUT2D eigenvalue weighted by atomic mass is 10.0. The average molecular weight is 258 g/mol. The SMILES string of the molecule is COc1ccc(OC)c(-c2ccc(C(=O)O)cc2)c1. The maximum Gasteiger partial charge on any atom is 0.335 e. The number of carboxylic acids is 1. The second kappa shape index (κ2) is 5.44. The molecule has 0 unspecified atom stereocenters. The van der Waals surface area contributed by atoms with Gasteiger partial charge in [-0.15, -0.1) is 0 Å². The first kappa shape index (κ1) is 13.0. The highest BCUT2D eigenvalue weighted by Crippen LogP contribution is 2.33. The Morgan fingerprint density at radius 3 is 2.21 bits per heavy atom. The molecule has 98 valence electrons. The Morgan fingerprint density at radius 2 is 1.68 bits per heavy atom. The zero-order valence-corrected chi connectivity index (χ0v) is 10.7. The molecule has 0 amide bonds. The number of ether oxygens (including phenoxy) is 2. The van der Waals surface area contributed by atoms with Gasteiger partial charge in [-0.3, -0.25) is 0 Å². The molecular formula is C15H14O4. The summed E-state index contributed by atoms with van der Waals surface area (Å²) in [6.45, 7) is 0. The van der Waals surface area contributed by atoms with Crippen LogP contribution in [-0.2, 0) is 0 Å². The van der Waals surface area contributed by atoms with Gasteiger partial charge in [-0.25, -0.2) is 4.79 Å². The largest absolute Gasteiger partial charge is 0.497 e. The van der Waals surface area contributed by atoms with Crippen molar-refractivity contribution in [2.45, 2.75) is 0 Å². The van der Waals surface area contributed by atoms with E-state index >= 15 is 0 Å². The van der Waals surface area contributed by atoms with Gasteiger partial charge in [0.25, 0.3) is 0 Å². The summed E-state index contributed by atoms with van der Waals surface area (Å²) in [5.41, 5.74) is 1.99. The molecule has 0 aromatic heterocycles. The first-order chi connectivity index (χ1) is 9.15. The molecule has 0 aliphatic rings. The highest BCUT2D eigenvalue weighted by atomic mass is 16.5. The van der Waals surface area contributed by atoms with Gasteiger partial charge in [-0.1, -0.05) is 12.1 Å². The Kier molecular flexibility index (Phi) is 3.71. The van der Waals surface area contributed by atoms with Gasteiger partial charge in [0.15, 0.2) is 0 Å². The van der Waals surface area contributed by atoms with E-state index < -0.39 is 5.97 Å². The summed E-state index contributed by atoms with van der Waals surface area (Å²) in [5.74, 6) is 0.492. The van der Waals surface area contributed by atoms with Gasteiger partial charge < -0.3 is 14.6 Å². The Hall–Kier alpha value is -2.49. The average Bonchev–Trinajstić information content (AvgIpc) is 2.46. The van der Waals surface area contributed by atoms with Crippen LogP contribution in [-0.4, -0.2) is 25.3 Å². The van der Waals surface area contributed by atoms with Crippen LogP contribution in [0.25, 0.3) is 11.1 Å².